The van der Waals surface area contributed by atoms with Crippen molar-refractivity contribution in [3.05, 3.63) is 76.9 Å². The van der Waals surface area contributed by atoms with Gasteiger partial charge >= 0.3 is 0 Å². The lowest BCUT2D eigenvalue weighted by molar-refractivity contribution is 0.102. The number of hydrogen-bond acceptors (Lipinski definition) is 5. The van der Waals surface area contributed by atoms with E-state index in [1.165, 1.54) is 22.9 Å². The van der Waals surface area contributed by atoms with E-state index in [0.29, 0.717) is 5.75 Å². The zero-order chi connectivity index (χ0) is 24.9. The topological polar surface area (TPSA) is 65.6 Å². The summed E-state index contributed by atoms with van der Waals surface area (Å²) in [5.41, 5.74) is 7.43. The predicted molar refractivity (Wildman–Crippen MR) is 143 cm³/mol. The van der Waals surface area contributed by atoms with Gasteiger partial charge in [-0.1, -0.05) is 50.7 Å². The number of carbonyl (C=O) groups excluding carboxylic acids is 1. The number of carbonyl (C=O) groups is 1. The molecule has 0 saturated carbocycles. The maximum atomic E-state index is 13.3. The minimum atomic E-state index is 0.113. The van der Waals surface area contributed by atoms with Gasteiger partial charge in [0.25, 0.3) is 0 Å². The molecule has 35 heavy (non-hydrogen) atoms. The lowest BCUT2D eigenvalue weighted by atomic mass is 10.0. The zero-order valence-electron chi connectivity index (χ0n) is 21.2. The zero-order valence-corrected chi connectivity index (χ0v) is 22.0. The number of nitrogens with zero attached hydrogens (tertiary/aromatic N) is 5. The molecule has 0 radical (unpaired) electrons. The van der Waals surface area contributed by atoms with Crippen LogP contribution in [0.3, 0.4) is 0 Å². The van der Waals surface area contributed by atoms with Gasteiger partial charge in [0, 0.05) is 41.5 Å². The number of aryl methyl sites for hydroxylation is 3. The highest BCUT2D eigenvalue weighted by atomic mass is 32.2. The average molecular weight is 488 g/mol. The number of pyridine rings is 1. The number of Topliss-reactive ketones (excluding diaryl/α,β-unsaturated/α-hetero) is 1. The predicted octanol–water partition coefficient (Wildman–Crippen LogP) is 6.26. The van der Waals surface area contributed by atoms with Gasteiger partial charge in [0.05, 0.1) is 11.4 Å². The summed E-state index contributed by atoms with van der Waals surface area (Å²) in [4.78, 5) is 17.6. The van der Waals surface area contributed by atoms with Gasteiger partial charge in [0.1, 0.15) is 0 Å². The Labute approximate surface area is 211 Å². The van der Waals surface area contributed by atoms with Crippen LogP contribution in [0.25, 0.3) is 17.1 Å². The van der Waals surface area contributed by atoms with Crippen LogP contribution in [0, 0.1) is 13.8 Å². The van der Waals surface area contributed by atoms with Crippen LogP contribution in [0.4, 0.5) is 0 Å². The normalized spacial score (nSPS) is 11.2. The first-order chi connectivity index (χ1) is 17.0. The quantitative estimate of drug-likeness (QED) is 0.195. The minimum Gasteiger partial charge on any atom is -0.348 e. The van der Waals surface area contributed by atoms with Crippen molar-refractivity contribution in [2.75, 3.05) is 5.75 Å². The molecule has 0 N–H and O–H groups in total. The summed E-state index contributed by atoms with van der Waals surface area (Å²) in [6, 6.07) is 12.3. The second-order valence-corrected chi connectivity index (χ2v) is 9.61. The molecule has 0 amide bonds. The standard InChI is InChI=1S/C28H33N5OS/c1-6-15-32-19(4)16-24(20(32)5)25(34)18-35-28-31-30-27(23-13-10-14-29-17-23)33(28)26-21(7-2)11-9-12-22(26)8-3/h9-14,16-17H,6-8,15,18H2,1-5H3. The summed E-state index contributed by atoms with van der Waals surface area (Å²) >= 11 is 1.45. The van der Waals surface area contributed by atoms with Gasteiger partial charge < -0.3 is 4.57 Å². The van der Waals surface area contributed by atoms with Gasteiger partial charge in [0.15, 0.2) is 16.8 Å². The van der Waals surface area contributed by atoms with Crippen molar-refractivity contribution >= 4 is 17.5 Å². The third-order valence-corrected chi connectivity index (χ3v) is 7.32. The van der Waals surface area contributed by atoms with Crippen LogP contribution in [-0.4, -0.2) is 35.9 Å². The summed E-state index contributed by atoms with van der Waals surface area (Å²) < 4.78 is 4.35. The van der Waals surface area contributed by atoms with E-state index in [1.807, 2.05) is 31.3 Å². The van der Waals surface area contributed by atoms with Crippen molar-refractivity contribution in [1.29, 1.82) is 0 Å². The smallest absolute Gasteiger partial charge is 0.196 e. The van der Waals surface area contributed by atoms with Gasteiger partial charge in [-0.05, 0) is 62.4 Å². The average Bonchev–Trinajstić information content (AvgIpc) is 3.43. The van der Waals surface area contributed by atoms with Crippen LogP contribution in [0.1, 0.15) is 60.1 Å². The van der Waals surface area contributed by atoms with Crippen LogP contribution in [0.2, 0.25) is 0 Å². The minimum absolute atomic E-state index is 0.113. The Morgan fingerprint density at radius 1 is 1.00 bits per heavy atom. The van der Waals surface area contributed by atoms with E-state index in [1.54, 1.807) is 6.20 Å². The Morgan fingerprint density at radius 3 is 2.37 bits per heavy atom. The van der Waals surface area contributed by atoms with E-state index in [2.05, 4.69) is 70.2 Å². The molecule has 4 aromatic rings. The molecule has 0 aliphatic heterocycles. The molecule has 4 rings (SSSR count). The van der Waals surface area contributed by atoms with E-state index in [0.717, 1.165) is 65.0 Å². The maximum absolute atomic E-state index is 13.3. The number of para-hydroxylation sites is 1. The molecule has 1 aromatic carbocycles. The fraction of sp³-hybridized carbons (Fsp3) is 0.357. The van der Waals surface area contributed by atoms with Gasteiger partial charge in [0.2, 0.25) is 0 Å². The number of thioether (sulfide) groups is 1. The van der Waals surface area contributed by atoms with Crippen molar-refractivity contribution < 1.29 is 4.79 Å². The molecule has 0 aliphatic rings. The van der Waals surface area contributed by atoms with Gasteiger partial charge in [-0.3, -0.25) is 14.3 Å². The van der Waals surface area contributed by atoms with E-state index in [-0.39, 0.29) is 5.78 Å². The molecule has 0 spiro atoms. The molecule has 6 nitrogen and oxygen atoms in total. The first kappa shape index (κ1) is 24.9. The highest BCUT2D eigenvalue weighted by Crippen LogP contribution is 2.32. The van der Waals surface area contributed by atoms with E-state index in [9.17, 15) is 4.79 Å². The number of rotatable bonds is 10. The number of ketones is 1. The molecule has 0 fully saturated rings. The highest BCUT2D eigenvalue weighted by molar-refractivity contribution is 7.99. The van der Waals surface area contributed by atoms with E-state index >= 15 is 0 Å². The Balaban J connectivity index is 1.74. The van der Waals surface area contributed by atoms with Crippen molar-refractivity contribution in [2.45, 2.75) is 65.6 Å². The molecule has 7 heteroatoms. The number of benzene rings is 1. The summed E-state index contributed by atoms with van der Waals surface area (Å²) in [6.45, 7) is 11.5. The molecular formula is C28H33N5OS. The van der Waals surface area contributed by atoms with Crippen molar-refractivity contribution in [2.24, 2.45) is 0 Å². The van der Waals surface area contributed by atoms with Crippen LogP contribution < -0.4 is 0 Å². The molecule has 182 valence electrons. The largest absolute Gasteiger partial charge is 0.348 e. The van der Waals surface area contributed by atoms with E-state index < -0.39 is 0 Å². The van der Waals surface area contributed by atoms with Crippen molar-refractivity contribution in [3.8, 4) is 17.1 Å². The summed E-state index contributed by atoms with van der Waals surface area (Å²) in [5, 5.41) is 9.83. The Bertz CT molecular complexity index is 1300. The number of hydrogen-bond donors (Lipinski definition) is 0. The van der Waals surface area contributed by atoms with Crippen LogP contribution in [-0.2, 0) is 19.4 Å². The molecule has 0 saturated heterocycles. The second-order valence-electron chi connectivity index (χ2n) is 8.66. The van der Waals surface area contributed by atoms with Crippen LogP contribution >= 0.6 is 11.8 Å². The van der Waals surface area contributed by atoms with Crippen molar-refractivity contribution in [1.82, 2.24) is 24.3 Å². The van der Waals surface area contributed by atoms with Crippen molar-refractivity contribution in [3.63, 3.8) is 0 Å². The molecule has 3 heterocycles. The van der Waals surface area contributed by atoms with Crippen LogP contribution in [0.15, 0.2) is 53.9 Å². The molecular weight excluding hydrogens is 454 g/mol. The number of aromatic nitrogens is 5. The molecule has 0 unspecified atom stereocenters. The van der Waals surface area contributed by atoms with Crippen LogP contribution in [0.5, 0.6) is 0 Å². The fourth-order valence-electron chi connectivity index (χ4n) is 4.61. The Hall–Kier alpha value is -3.19. The third-order valence-electron chi connectivity index (χ3n) is 6.40. The summed E-state index contributed by atoms with van der Waals surface area (Å²) in [6.07, 6.45) is 6.38. The fourth-order valence-corrected chi connectivity index (χ4v) is 5.43. The molecule has 0 atom stereocenters. The third kappa shape index (κ3) is 4.96. The van der Waals surface area contributed by atoms with Gasteiger partial charge in [-0.2, -0.15) is 0 Å². The lowest BCUT2D eigenvalue weighted by Crippen LogP contribution is -2.09. The first-order valence-electron chi connectivity index (χ1n) is 12.3. The SMILES string of the molecule is CCCn1c(C)cc(C(=O)CSc2nnc(-c3cccnc3)n2-c2c(CC)cccc2CC)c1C. The monoisotopic (exact) mass is 487 g/mol. The molecule has 0 aliphatic carbocycles. The lowest BCUT2D eigenvalue weighted by Gasteiger charge is -2.17. The summed E-state index contributed by atoms with van der Waals surface area (Å²) in [7, 11) is 0. The Morgan fingerprint density at radius 2 is 1.74 bits per heavy atom. The molecule has 3 aromatic heterocycles. The van der Waals surface area contributed by atoms with Gasteiger partial charge in [-0.15, -0.1) is 10.2 Å². The van der Waals surface area contributed by atoms with Gasteiger partial charge in [-0.25, -0.2) is 0 Å². The molecule has 0 bridgehead atoms. The first-order valence-corrected chi connectivity index (χ1v) is 13.3. The second kappa shape index (κ2) is 11.0. The maximum Gasteiger partial charge on any atom is 0.196 e. The summed E-state index contributed by atoms with van der Waals surface area (Å²) in [5.74, 6) is 1.16. The highest BCUT2D eigenvalue weighted by Gasteiger charge is 2.22. The van der Waals surface area contributed by atoms with E-state index in [4.69, 9.17) is 0 Å². The Kier molecular flexibility index (Phi) is 7.86.